The van der Waals surface area contributed by atoms with Crippen LogP contribution in [0.1, 0.15) is 18.7 Å². The zero-order chi connectivity index (χ0) is 22.8. The fourth-order valence-corrected chi connectivity index (χ4v) is 3.59. The number of aromatic amines is 1. The lowest BCUT2D eigenvalue weighted by Crippen LogP contribution is -2.38. The van der Waals surface area contributed by atoms with Gasteiger partial charge < -0.3 is 19.5 Å². The molecule has 2 aromatic rings. The van der Waals surface area contributed by atoms with Crippen LogP contribution in [-0.2, 0) is 13.8 Å². The molecule has 31 heavy (non-hydrogen) atoms. The van der Waals surface area contributed by atoms with E-state index in [9.17, 15) is 33.7 Å². The highest BCUT2D eigenvalue weighted by molar-refractivity contribution is 7.47. The van der Waals surface area contributed by atoms with Crippen molar-refractivity contribution in [3.05, 3.63) is 62.7 Å². The van der Waals surface area contributed by atoms with Crippen LogP contribution in [0.25, 0.3) is 0 Å². The Labute approximate surface area is 174 Å². The summed E-state index contributed by atoms with van der Waals surface area (Å²) in [4.78, 5) is 35.7. The molecule has 11 nitrogen and oxygen atoms in total. The highest BCUT2D eigenvalue weighted by Gasteiger charge is 2.45. The number of ether oxygens (including phenoxy) is 1. The van der Waals surface area contributed by atoms with Crippen molar-refractivity contribution in [1.82, 2.24) is 9.55 Å². The van der Waals surface area contributed by atoms with Crippen LogP contribution >= 0.6 is 7.82 Å². The monoisotopic (exact) mass is 456 g/mol. The molecule has 3 rings (SSSR count). The number of aromatic nitrogens is 2. The van der Waals surface area contributed by atoms with E-state index in [1.165, 1.54) is 6.92 Å². The molecule has 1 aliphatic rings. The second kappa shape index (κ2) is 9.15. The van der Waals surface area contributed by atoms with Crippen molar-refractivity contribution >= 4 is 7.82 Å². The third-order valence-electron chi connectivity index (χ3n) is 4.28. The van der Waals surface area contributed by atoms with Crippen molar-refractivity contribution in [2.75, 3.05) is 6.61 Å². The smallest absolute Gasteiger partial charge is 0.404 e. The molecule has 1 aliphatic heterocycles. The molecule has 1 fully saturated rings. The van der Waals surface area contributed by atoms with E-state index in [2.05, 4.69) is 11.8 Å². The van der Waals surface area contributed by atoms with E-state index >= 15 is 0 Å². The molecule has 4 N–H and O–H groups in total. The van der Waals surface area contributed by atoms with Crippen LogP contribution < -0.4 is 15.8 Å². The first-order chi connectivity index (χ1) is 14.6. The molecule has 0 aliphatic carbocycles. The van der Waals surface area contributed by atoms with E-state index < -0.39 is 56.0 Å². The lowest BCUT2D eigenvalue weighted by molar-refractivity contribution is -0.0540. The van der Waals surface area contributed by atoms with Crippen LogP contribution in [0.4, 0.5) is 4.39 Å². The zero-order valence-corrected chi connectivity index (χ0v) is 16.9. The third kappa shape index (κ3) is 5.29. The number of phosphoric ester groups is 1. The molecule has 0 bridgehead atoms. The maximum absolute atomic E-state index is 12.9. The van der Waals surface area contributed by atoms with Crippen molar-refractivity contribution in [3.8, 4) is 17.6 Å². The molecule has 13 heteroatoms. The van der Waals surface area contributed by atoms with Gasteiger partial charge in [-0.1, -0.05) is 5.92 Å². The summed E-state index contributed by atoms with van der Waals surface area (Å²) in [5.74, 6) is 4.28. The fraction of sp³-hybridized carbons (Fsp3) is 0.333. The Kier molecular flexibility index (Phi) is 6.76. The number of phosphoric acid groups is 1. The zero-order valence-electron chi connectivity index (χ0n) is 16.0. The summed E-state index contributed by atoms with van der Waals surface area (Å²) >= 11 is 0. The van der Waals surface area contributed by atoms with Gasteiger partial charge in [0.05, 0.1) is 6.61 Å². The largest absolute Gasteiger partial charge is 0.527 e. The molecule has 1 saturated heterocycles. The summed E-state index contributed by atoms with van der Waals surface area (Å²) in [6.07, 6.45) is -4.92. The highest BCUT2D eigenvalue weighted by Crippen LogP contribution is 2.44. The molecule has 0 saturated carbocycles. The van der Waals surface area contributed by atoms with Crippen LogP contribution in [0.3, 0.4) is 0 Å². The highest BCUT2D eigenvalue weighted by atomic mass is 31.2. The number of hydrogen-bond donors (Lipinski definition) is 4. The number of nitrogens with zero attached hydrogens (tertiary/aromatic N) is 1. The molecular weight excluding hydrogens is 438 g/mol. The number of hydrogen-bond acceptors (Lipinski definition) is 8. The Balaban J connectivity index is 1.72. The predicted octanol–water partition coefficient (Wildman–Crippen LogP) is -0.138. The molecule has 1 unspecified atom stereocenters. The maximum atomic E-state index is 12.9. The van der Waals surface area contributed by atoms with Gasteiger partial charge in [-0.2, -0.15) is 0 Å². The minimum absolute atomic E-state index is 0.0698. The molecule has 166 valence electrons. The number of nitrogens with one attached hydrogen (secondary N) is 1. The number of aliphatic hydroxyl groups is 2. The summed E-state index contributed by atoms with van der Waals surface area (Å²) in [7, 11) is -4.68. The van der Waals surface area contributed by atoms with Crippen LogP contribution in [0, 0.1) is 17.7 Å². The van der Waals surface area contributed by atoms with Crippen LogP contribution in [0.5, 0.6) is 5.75 Å². The average molecular weight is 456 g/mol. The van der Waals surface area contributed by atoms with E-state index in [1.807, 2.05) is 4.98 Å². The van der Waals surface area contributed by atoms with Gasteiger partial charge in [-0.3, -0.25) is 23.8 Å². The van der Waals surface area contributed by atoms with E-state index in [0.29, 0.717) is 0 Å². The molecule has 0 radical (unpaired) electrons. The Hall–Kier alpha value is -2.78. The van der Waals surface area contributed by atoms with Crippen molar-refractivity contribution in [2.45, 2.75) is 31.5 Å². The number of rotatable bonds is 6. The fourth-order valence-electron chi connectivity index (χ4n) is 2.82. The van der Waals surface area contributed by atoms with Gasteiger partial charge in [-0.15, -0.1) is 5.92 Å². The molecule has 5 atom stereocenters. The van der Waals surface area contributed by atoms with E-state index in [-0.39, 0.29) is 11.3 Å². The van der Waals surface area contributed by atoms with Crippen LogP contribution in [0.15, 0.2) is 40.1 Å². The summed E-state index contributed by atoms with van der Waals surface area (Å²) in [6.45, 7) is 0.789. The third-order valence-corrected chi connectivity index (χ3v) is 5.19. The minimum atomic E-state index is -4.68. The summed E-state index contributed by atoms with van der Waals surface area (Å²) in [6, 6.07) is 4.25. The SMILES string of the molecule is CC#Cc1cn([C@@H]2O[C@H](COP(=O)(O)Oc3ccc(F)cc3)[C@@H](O)[C@@H]2O)c(=O)[nH]c1=O. The van der Waals surface area contributed by atoms with Crippen molar-refractivity contribution < 1.29 is 37.8 Å². The Morgan fingerprint density at radius 3 is 2.58 bits per heavy atom. The number of benzene rings is 1. The van der Waals surface area contributed by atoms with Crippen LogP contribution in [-0.4, -0.2) is 49.6 Å². The van der Waals surface area contributed by atoms with Crippen LogP contribution in [0.2, 0.25) is 0 Å². The van der Waals surface area contributed by atoms with Gasteiger partial charge in [0.15, 0.2) is 6.23 Å². The van der Waals surface area contributed by atoms with E-state index in [4.69, 9.17) is 13.8 Å². The summed E-state index contributed by atoms with van der Waals surface area (Å²) in [5.41, 5.74) is -1.72. The Bertz CT molecular complexity index is 1170. The molecular formula is C18H18FN2O9P. The van der Waals surface area contributed by atoms with E-state index in [1.54, 1.807) is 0 Å². The average Bonchev–Trinajstić information content (AvgIpc) is 2.99. The van der Waals surface area contributed by atoms with Gasteiger partial charge in [0.25, 0.3) is 5.56 Å². The van der Waals surface area contributed by atoms with Crippen molar-refractivity contribution in [2.24, 2.45) is 0 Å². The second-order valence-corrected chi connectivity index (χ2v) is 7.82. The first-order valence-corrected chi connectivity index (χ1v) is 10.3. The lowest BCUT2D eigenvalue weighted by Gasteiger charge is -2.18. The first kappa shape index (κ1) is 22.9. The molecule has 0 spiro atoms. The topological polar surface area (TPSA) is 160 Å². The normalized spacial score (nSPS) is 24.8. The van der Waals surface area contributed by atoms with Gasteiger partial charge in [-0.05, 0) is 31.2 Å². The van der Waals surface area contributed by atoms with Gasteiger partial charge >= 0.3 is 13.5 Å². The van der Waals surface area contributed by atoms with Gasteiger partial charge in [0, 0.05) is 6.20 Å². The molecule has 1 aromatic carbocycles. The van der Waals surface area contributed by atoms with Gasteiger partial charge in [0.2, 0.25) is 0 Å². The summed E-state index contributed by atoms with van der Waals surface area (Å²) < 4.78 is 40.8. The Morgan fingerprint density at radius 1 is 1.26 bits per heavy atom. The molecule has 0 amide bonds. The number of aliphatic hydroxyl groups excluding tert-OH is 2. The van der Waals surface area contributed by atoms with Crippen molar-refractivity contribution in [1.29, 1.82) is 0 Å². The summed E-state index contributed by atoms with van der Waals surface area (Å²) in [5, 5.41) is 20.5. The number of halogens is 1. The minimum Gasteiger partial charge on any atom is -0.404 e. The van der Waals surface area contributed by atoms with E-state index in [0.717, 1.165) is 35.0 Å². The molecule has 2 heterocycles. The van der Waals surface area contributed by atoms with Crippen molar-refractivity contribution in [3.63, 3.8) is 0 Å². The second-order valence-electron chi connectivity index (χ2n) is 6.44. The first-order valence-electron chi connectivity index (χ1n) is 8.83. The predicted molar refractivity (Wildman–Crippen MR) is 103 cm³/mol. The number of H-pyrrole nitrogens is 1. The van der Waals surface area contributed by atoms with Gasteiger partial charge in [-0.25, -0.2) is 13.8 Å². The lowest BCUT2D eigenvalue weighted by atomic mass is 10.1. The quantitative estimate of drug-likeness (QED) is 0.343. The Morgan fingerprint density at radius 2 is 1.94 bits per heavy atom. The molecule has 1 aromatic heterocycles. The standard InChI is InChI=1S/C18H18FN2O9P/c1-2-3-10-8-21(18(25)20-16(10)24)17-15(23)14(22)13(29-17)9-28-31(26,27)30-12-6-4-11(19)5-7-12/h4-8,13-15,17,22-23H,9H2,1H3,(H,26,27)(H,20,24,25)/t13-,14-,15+,17-/m1/s1. The van der Waals surface area contributed by atoms with Gasteiger partial charge in [0.1, 0.15) is 35.4 Å². The maximum Gasteiger partial charge on any atom is 0.527 e.